The molecule has 3 heteroatoms. The Labute approximate surface area is 342 Å². The third-order valence-corrected chi connectivity index (χ3v) is 12.5. The van der Waals surface area contributed by atoms with Crippen molar-refractivity contribution < 1.29 is 4.74 Å². The molecule has 2 heterocycles. The number of nitrogens with zero attached hydrogens (tertiary/aromatic N) is 1. The van der Waals surface area contributed by atoms with Gasteiger partial charge in [0.15, 0.2) is 0 Å². The first-order chi connectivity index (χ1) is 28.0. The Morgan fingerprint density at radius 2 is 1.05 bits per heavy atom. The second-order valence-electron chi connectivity index (χ2n) is 18.0. The quantitative estimate of drug-likeness (QED) is 0.187. The molecule has 6 aromatic carbocycles. The number of hydrogen-bond donors (Lipinski definition) is 1. The minimum Gasteiger partial charge on any atom is -0.496 e. The zero-order chi connectivity index (χ0) is 40.0. The summed E-state index contributed by atoms with van der Waals surface area (Å²) in [7, 11) is 1.76. The molecule has 0 bridgehead atoms. The highest BCUT2D eigenvalue weighted by molar-refractivity contribution is 6.20. The van der Waals surface area contributed by atoms with Crippen LogP contribution in [-0.2, 0) is 16.2 Å². The van der Waals surface area contributed by atoms with E-state index in [2.05, 4.69) is 198 Å². The molecule has 1 aliphatic heterocycles. The normalized spacial score (nSPS) is 15.7. The lowest BCUT2D eigenvalue weighted by molar-refractivity contribution is 0.413. The van der Waals surface area contributed by atoms with Crippen molar-refractivity contribution in [3.05, 3.63) is 219 Å². The van der Waals surface area contributed by atoms with Crippen LogP contribution in [-0.4, -0.2) is 17.8 Å². The molecule has 0 fully saturated rings. The van der Waals surface area contributed by atoms with E-state index in [0.29, 0.717) is 0 Å². The van der Waals surface area contributed by atoms with Gasteiger partial charge in [0.2, 0.25) is 0 Å². The minimum absolute atomic E-state index is 0.0365. The third kappa shape index (κ3) is 5.36. The van der Waals surface area contributed by atoms with Crippen molar-refractivity contribution >= 4 is 16.9 Å². The summed E-state index contributed by atoms with van der Waals surface area (Å²) in [6, 6.07) is 55.6. The summed E-state index contributed by atoms with van der Waals surface area (Å²) in [5.74, 6) is 0.798. The minimum atomic E-state index is -0.467. The maximum Gasteiger partial charge on any atom is 0.126 e. The molecule has 1 aromatic heterocycles. The lowest BCUT2D eigenvalue weighted by Gasteiger charge is -2.29. The average molecular weight is 753 g/mol. The van der Waals surface area contributed by atoms with Gasteiger partial charge < -0.3 is 9.72 Å². The van der Waals surface area contributed by atoms with Gasteiger partial charge >= 0.3 is 0 Å². The smallest absolute Gasteiger partial charge is 0.126 e. The van der Waals surface area contributed by atoms with Crippen LogP contribution in [0.1, 0.15) is 97.3 Å². The van der Waals surface area contributed by atoms with E-state index in [9.17, 15) is 0 Å². The molecule has 1 N–H and O–H groups in total. The van der Waals surface area contributed by atoms with Crippen LogP contribution in [0.4, 0.5) is 0 Å². The Balaban J connectivity index is 1.26. The lowest BCUT2D eigenvalue weighted by atomic mass is 9.71. The molecule has 2 aliphatic carbocycles. The monoisotopic (exact) mass is 752 g/mol. The van der Waals surface area contributed by atoms with E-state index in [0.717, 1.165) is 56.4 Å². The van der Waals surface area contributed by atoms with E-state index in [1.54, 1.807) is 7.11 Å². The van der Waals surface area contributed by atoms with Crippen molar-refractivity contribution in [1.29, 1.82) is 0 Å². The molecule has 58 heavy (non-hydrogen) atoms. The summed E-state index contributed by atoms with van der Waals surface area (Å²) >= 11 is 0. The maximum absolute atomic E-state index is 6.16. The van der Waals surface area contributed by atoms with Crippen LogP contribution in [0.5, 0.6) is 5.75 Å². The number of fused-ring (bicyclic) bond motifs is 10. The van der Waals surface area contributed by atoms with Crippen LogP contribution in [0.3, 0.4) is 0 Å². The number of nitrogens with one attached hydrogen (secondary N) is 1. The van der Waals surface area contributed by atoms with Crippen LogP contribution in [0, 0.1) is 0 Å². The lowest BCUT2D eigenvalue weighted by Crippen LogP contribution is -2.25. The standard InChI is InChI=1S/C55H48N2O/c1-53(2,3)36-28-24-34(25-29-36)42-32-47(35-26-30-37(31-27-35)54(4,5)6)56-52(42)50(41-19-11-15-23-49(41)58-7)48-33-46-51(57-48)40-18-10-14-22-45(40)55(46)43-20-12-8-16-38(43)39-17-9-13-21-44(39)55/h8-33,57H,1-7H3/b52-50-. The maximum atomic E-state index is 6.16. The molecule has 0 saturated heterocycles. The van der Waals surface area contributed by atoms with Crippen LogP contribution in [0.25, 0.3) is 33.5 Å². The number of benzene rings is 6. The van der Waals surface area contributed by atoms with Crippen molar-refractivity contribution in [1.82, 2.24) is 4.98 Å². The molecule has 0 amide bonds. The van der Waals surface area contributed by atoms with Crippen LogP contribution in [0.2, 0.25) is 0 Å². The predicted octanol–water partition coefficient (Wildman–Crippen LogP) is 13.3. The highest BCUT2D eigenvalue weighted by atomic mass is 16.5. The summed E-state index contributed by atoms with van der Waals surface area (Å²) in [5, 5.41) is 0. The predicted molar refractivity (Wildman–Crippen MR) is 241 cm³/mol. The molecule has 7 aromatic rings. The summed E-state index contributed by atoms with van der Waals surface area (Å²) in [6.45, 7) is 13.6. The van der Waals surface area contributed by atoms with Crippen molar-refractivity contribution in [3.8, 4) is 28.1 Å². The molecule has 3 nitrogen and oxygen atoms in total. The molecule has 0 saturated carbocycles. The molecule has 1 spiro atoms. The number of aliphatic imine (C=N–C) groups is 1. The molecule has 0 unspecified atom stereocenters. The summed E-state index contributed by atoms with van der Waals surface area (Å²) in [4.78, 5) is 9.68. The fourth-order valence-electron chi connectivity index (χ4n) is 9.60. The number of H-pyrrole nitrogens is 1. The van der Waals surface area contributed by atoms with Crippen molar-refractivity contribution in [2.75, 3.05) is 7.11 Å². The van der Waals surface area contributed by atoms with Crippen molar-refractivity contribution in [3.63, 3.8) is 0 Å². The van der Waals surface area contributed by atoms with E-state index in [4.69, 9.17) is 9.73 Å². The molecular weight excluding hydrogens is 705 g/mol. The topological polar surface area (TPSA) is 37.4 Å². The van der Waals surface area contributed by atoms with Crippen LogP contribution in [0.15, 0.2) is 168 Å². The van der Waals surface area contributed by atoms with Gasteiger partial charge in [-0.1, -0.05) is 181 Å². The van der Waals surface area contributed by atoms with Gasteiger partial charge in [-0.2, -0.15) is 0 Å². The molecule has 0 atom stereocenters. The first kappa shape index (κ1) is 35.9. The average Bonchev–Trinajstić information content (AvgIpc) is 3.99. The number of aromatic nitrogens is 1. The summed E-state index contributed by atoms with van der Waals surface area (Å²) in [5.41, 5.74) is 20.5. The Bertz CT molecular complexity index is 2820. The van der Waals surface area contributed by atoms with Crippen LogP contribution >= 0.6 is 0 Å². The van der Waals surface area contributed by atoms with E-state index < -0.39 is 5.41 Å². The number of rotatable bonds is 5. The second-order valence-corrected chi connectivity index (χ2v) is 18.0. The zero-order valence-electron chi connectivity index (χ0n) is 34.4. The molecular formula is C55H48N2O. The Morgan fingerprint density at radius 3 is 1.62 bits per heavy atom. The zero-order valence-corrected chi connectivity index (χ0v) is 34.4. The van der Waals surface area contributed by atoms with Crippen LogP contribution < -0.4 is 4.74 Å². The Kier molecular flexibility index (Phi) is 8.08. The van der Waals surface area contributed by atoms with Gasteiger partial charge in [-0.15, -0.1) is 0 Å². The first-order valence-electron chi connectivity index (χ1n) is 20.4. The van der Waals surface area contributed by atoms with Gasteiger partial charge in [0, 0.05) is 33.5 Å². The summed E-state index contributed by atoms with van der Waals surface area (Å²) < 4.78 is 6.16. The number of hydrogen-bond acceptors (Lipinski definition) is 2. The van der Waals surface area contributed by atoms with Crippen molar-refractivity contribution in [2.45, 2.75) is 57.8 Å². The molecule has 0 radical (unpaired) electrons. The first-order valence-corrected chi connectivity index (χ1v) is 20.4. The fourth-order valence-corrected chi connectivity index (χ4v) is 9.60. The molecule has 3 aliphatic rings. The van der Waals surface area contributed by atoms with Gasteiger partial charge in [-0.05, 0) is 79.1 Å². The van der Waals surface area contributed by atoms with Gasteiger partial charge in [0.1, 0.15) is 5.75 Å². The second kappa shape index (κ2) is 13.0. The largest absolute Gasteiger partial charge is 0.496 e. The SMILES string of the molecule is COc1ccccc1/C(=C1/N=C(c2ccc(C(C)(C)C)cc2)C=C1c1ccc(C(C)(C)C)cc1)c1cc2c([nH]1)-c1ccccc1C21c2ccccc2-c2ccccc21. The Hall–Kier alpha value is -6.45. The highest BCUT2D eigenvalue weighted by Crippen LogP contribution is 2.63. The van der Waals surface area contributed by atoms with Gasteiger partial charge in [0.05, 0.1) is 29.6 Å². The summed E-state index contributed by atoms with van der Waals surface area (Å²) in [6.07, 6.45) is 2.28. The number of allylic oxidation sites excluding steroid dienone is 2. The van der Waals surface area contributed by atoms with E-state index in [-0.39, 0.29) is 10.8 Å². The highest BCUT2D eigenvalue weighted by Gasteiger charge is 2.52. The number of para-hydroxylation sites is 1. The van der Waals surface area contributed by atoms with Crippen molar-refractivity contribution in [2.24, 2.45) is 4.99 Å². The van der Waals surface area contributed by atoms with Gasteiger partial charge in [-0.3, -0.25) is 0 Å². The number of methoxy groups -OCH3 is 1. The Morgan fingerprint density at radius 1 is 0.552 bits per heavy atom. The van der Waals surface area contributed by atoms with E-state index >= 15 is 0 Å². The van der Waals surface area contributed by atoms with Gasteiger partial charge in [0.25, 0.3) is 0 Å². The van der Waals surface area contributed by atoms with E-state index in [1.807, 2.05) is 6.07 Å². The van der Waals surface area contributed by atoms with Gasteiger partial charge in [-0.25, -0.2) is 4.99 Å². The molecule has 284 valence electrons. The third-order valence-electron chi connectivity index (χ3n) is 12.5. The fraction of sp³-hybridized carbons (Fsp3) is 0.182. The van der Waals surface area contributed by atoms with E-state index in [1.165, 1.54) is 50.1 Å². The number of aromatic amines is 1. The number of ether oxygens (including phenoxy) is 1. The molecule has 10 rings (SSSR count).